The Hall–Kier alpha value is 0.240. The van der Waals surface area contributed by atoms with Crippen LogP contribution in [-0.4, -0.2) is 10.2 Å². The van der Waals surface area contributed by atoms with E-state index in [4.69, 9.17) is 0 Å². The Morgan fingerprint density at radius 1 is 1.00 bits per heavy atom. The molecule has 1 aromatic heterocycles. The van der Waals surface area contributed by atoms with Crippen LogP contribution in [0.25, 0.3) is 10.6 Å². The zero-order valence-electron chi connectivity index (χ0n) is 6.37. The molecule has 0 aliphatic carbocycles. The van der Waals surface area contributed by atoms with Gasteiger partial charge in [-0.2, -0.15) is 0 Å². The zero-order chi connectivity index (χ0) is 9.26. The maximum atomic E-state index is 4.07. The van der Waals surface area contributed by atoms with Gasteiger partial charge in [-0.05, 0) is 57.3 Å². The fourth-order valence-corrected chi connectivity index (χ4v) is 2.58. The Balaban J connectivity index is 2.41. The van der Waals surface area contributed by atoms with Crippen LogP contribution in [0.1, 0.15) is 0 Å². The van der Waals surface area contributed by atoms with Crippen molar-refractivity contribution in [1.82, 2.24) is 10.2 Å². The minimum absolute atomic E-state index is 0.978. The minimum atomic E-state index is 0.978. The maximum absolute atomic E-state index is 4.07. The number of hydrogen-bond acceptors (Lipinski definition) is 3. The topological polar surface area (TPSA) is 25.8 Å². The molecule has 13 heavy (non-hydrogen) atoms. The van der Waals surface area contributed by atoms with Crippen LogP contribution in [0.15, 0.2) is 24.3 Å². The average molecular weight is 414 g/mol. The van der Waals surface area contributed by atoms with E-state index in [-0.39, 0.29) is 0 Å². The lowest BCUT2D eigenvalue weighted by Gasteiger charge is -1.93. The van der Waals surface area contributed by atoms with Gasteiger partial charge in [-0.3, -0.25) is 0 Å². The molecule has 2 rings (SSSR count). The SMILES string of the molecule is Ic1ccc(-c2nnc(I)s2)cc1. The van der Waals surface area contributed by atoms with Crippen molar-refractivity contribution >= 4 is 56.5 Å². The van der Waals surface area contributed by atoms with E-state index in [0.717, 1.165) is 13.6 Å². The molecule has 0 amide bonds. The third-order valence-corrected chi connectivity index (χ3v) is 3.85. The lowest BCUT2D eigenvalue weighted by Crippen LogP contribution is -1.76. The smallest absolute Gasteiger partial charge is 0.137 e. The molecule has 0 spiro atoms. The second-order valence-corrected chi connectivity index (χ2v) is 6.34. The molecule has 0 atom stereocenters. The largest absolute Gasteiger partial charge is 0.178 e. The van der Waals surface area contributed by atoms with Crippen LogP contribution in [0, 0.1) is 6.58 Å². The highest BCUT2D eigenvalue weighted by atomic mass is 127. The number of hydrogen-bond donors (Lipinski definition) is 0. The van der Waals surface area contributed by atoms with Crippen molar-refractivity contribution in [3.05, 3.63) is 30.9 Å². The zero-order valence-corrected chi connectivity index (χ0v) is 11.5. The summed E-state index contributed by atoms with van der Waals surface area (Å²) in [5.41, 5.74) is 1.14. The van der Waals surface area contributed by atoms with Crippen molar-refractivity contribution in [2.75, 3.05) is 0 Å². The number of halogens is 2. The summed E-state index contributed by atoms with van der Waals surface area (Å²) in [5.74, 6) is 0. The van der Waals surface area contributed by atoms with Crippen LogP contribution >= 0.6 is 56.5 Å². The summed E-state index contributed by atoms with van der Waals surface area (Å²) in [4.78, 5) is 0. The number of rotatable bonds is 1. The molecule has 0 saturated carbocycles. The predicted octanol–water partition coefficient (Wildman–Crippen LogP) is 3.41. The maximum Gasteiger partial charge on any atom is 0.178 e. The van der Waals surface area contributed by atoms with E-state index in [1.54, 1.807) is 11.3 Å². The van der Waals surface area contributed by atoms with Gasteiger partial charge in [0.05, 0.1) is 0 Å². The second-order valence-electron chi connectivity index (χ2n) is 2.37. The Kier molecular flexibility index (Phi) is 3.14. The third kappa shape index (κ3) is 2.38. The summed E-state index contributed by atoms with van der Waals surface area (Å²) in [6.45, 7) is 0. The molecule has 0 saturated heterocycles. The fraction of sp³-hybridized carbons (Fsp3) is 0. The van der Waals surface area contributed by atoms with Crippen LogP contribution in [0.4, 0.5) is 0 Å². The normalized spacial score (nSPS) is 10.3. The van der Waals surface area contributed by atoms with Crippen molar-refractivity contribution in [1.29, 1.82) is 0 Å². The highest BCUT2D eigenvalue weighted by Crippen LogP contribution is 2.24. The lowest BCUT2D eigenvalue weighted by molar-refractivity contribution is 1.07. The van der Waals surface area contributed by atoms with Gasteiger partial charge in [0.2, 0.25) is 0 Å². The first-order chi connectivity index (χ1) is 6.25. The van der Waals surface area contributed by atoms with Gasteiger partial charge in [0, 0.05) is 9.13 Å². The molecule has 5 heteroatoms. The summed E-state index contributed by atoms with van der Waals surface area (Å²) in [7, 11) is 0. The Morgan fingerprint density at radius 3 is 2.23 bits per heavy atom. The molecule has 2 nitrogen and oxygen atoms in total. The Morgan fingerprint density at radius 2 is 1.69 bits per heavy atom. The summed E-state index contributed by atoms with van der Waals surface area (Å²) in [6.07, 6.45) is 0. The summed E-state index contributed by atoms with van der Waals surface area (Å²) < 4.78 is 2.21. The molecule has 2 aromatic rings. The highest BCUT2D eigenvalue weighted by molar-refractivity contribution is 14.1. The number of benzene rings is 1. The van der Waals surface area contributed by atoms with Crippen LogP contribution in [0.2, 0.25) is 0 Å². The molecule has 0 radical (unpaired) electrons. The molecule has 1 heterocycles. The second kappa shape index (κ2) is 4.18. The molecule has 0 N–H and O–H groups in total. The molecular formula is C8H4I2N2S. The molecule has 0 fully saturated rings. The molecule has 0 bridgehead atoms. The molecule has 0 aliphatic heterocycles. The van der Waals surface area contributed by atoms with Crippen LogP contribution in [0.3, 0.4) is 0 Å². The van der Waals surface area contributed by atoms with Gasteiger partial charge in [0.15, 0.2) is 3.01 Å². The van der Waals surface area contributed by atoms with Crippen LogP contribution in [0.5, 0.6) is 0 Å². The van der Waals surface area contributed by atoms with Crippen molar-refractivity contribution < 1.29 is 0 Å². The van der Waals surface area contributed by atoms with Gasteiger partial charge in [-0.15, -0.1) is 10.2 Å². The third-order valence-electron chi connectivity index (χ3n) is 1.49. The lowest BCUT2D eigenvalue weighted by atomic mass is 10.2. The van der Waals surface area contributed by atoms with Crippen molar-refractivity contribution in [3.63, 3.8) is 0 Å². The molecule has 1 aromatic carbocycles. The first kappa shape index (κ1) is 9.78. The summed E-state index contributed by atoms with van der Waals surface area (Å²) >= 11 is 6.07. The van der Waals surface area contributed by atoms with Crippen LogP contribution in [-0.2, 0) is 0 Å². The van der Waals surface area contributed by atoms with Gasteiger partial charge < -0.3 is 0 Å². The molecule has 0 aliphatic rings. The quantitative estimate of drug-likeness (QED) is 0.669. The molecule has 66 valence electrons. The molecular weight excluding hydrogens is 410 g/mol. The van der Waals surface area contributed by atoms with E-state index in [1.807, 2.05) is 0 Å². The first-order valence-corrected chi connectivity index (χ1v) is 6.48. The van der Waals surface area contributed by atoms with Gasteiger partial charge in [-0.1, -0.05) is 23.5 Å². The predicted molar refractivity (Wildman–Crippen MR) is 70.8 cm³/mol. The van der Waals surface area contributed by atoms with Crippen LogP contribution < -0.4 is 0 Å². The van der Waals surface area contributed by atoms with E-state index in [1.165, 1.54) is 3.57 Å². The van der Waals surface area contributed by atoms with Crippen molar-refractivity contribution in [2.45, 2.75) is 0 Å². The average Bonchev–Trinajstić information content (AvgIpc) is 2.53. The standard InChI is InChI=1S/C8H4I2N2S/c9-6-3-1-5(2-4-6)7-11-12-8(10)13-7/h1-4H. The van der Waals surface area contributed by atoms with Crippen molar-refractivity contribution in [3.8, 4) is 10.6 Å². The highest BCUT2D eigenvalue weighted by Gasteiger charge is 2.03. The van der Waals surface area contributed by atoms with E-state index < -0.39 is 0 Å². The number of aromatic nitrogens is 2. The van der Waals surface area contributed by atoms with Gasteiger partial charge >= 0.3 is 0 Å². The van der Waals surface area contributed by atoms with E-state index in [0.29, 0.717) is 0 Å². The Bertz CT molecular complexity index is 410. The monoisotopic (exact) mass is 414 g/mol. The van der Waals surface area contributed by atoms with E-state index >= 15 is 0 Å². The first-order valence-electron chi connectivity index (χ1n) is 3.50. The van der Waals surface area contributed by atoms with E-state index in [9.17, 15) is 0 Å². The number of nitrogens with zero attached hydrogens (tertiary/aromatic N) is 2. The fourth-order valence-electron chi connectivity index (χ4n) is 0.914. The molecule has 0 unspecified atom stereocenters. The summed E-state index contributed by atoms with van der Waals surface area (Å²) in [5, 5.41) is 9.03. The van der Waals surface area contributed by atoms with Gasteiger partial charge in [0.1, 0.15) is 5.01 Å². The Labute approximate surface area is 107 Å². The van der Waals surface area contributed by atoms with Gasteiger partial charge in [-0.25, -0.2) is 0 Å². The summed E-state index contributed by atoms with van der Waals surface area (Å²) in [6, 6.07) is 8.28. The van der Waals surface area contributed by atoms with Crippen molar-refractivity contribution in [2.24, 2.45) is 0 Å². The van der Waals surface area contributed by atoms with Gasteiger partial charge in [0.25, 0.3) is 0 Å². The van der Waals surface area contributed by atoms with E-state index in [2.05, 4.69) is 79.6 Å². The minimum Gasteiger partial charge on any atom is -0.137 e.